The third kappa shape index (κ3) is 4.53. The van der Waals surface area contributed by atoms with Crippen LogP contribution in [0.5, 0.6) is 0 Å². The van der Waals surface area contributed by atoms with Crippen LogP contribution in [0.1, 0.15) is 45.7 Å². The maximum Gasteiger partial charge on any atom is 0.253 e. The zero-order valence-electron chi connectivity index (χ0n) is 18.3. The zero-order valence-corrected chi connectivity index (χ0v) is 18.3. The Morgan fingerprint density at radius 3 is 2.45 bits per heavy atom. The van der Waals surface area contributed by atoms with Gasteiger partial charge in [-0.3, -0.25) is 14.3 Å². The highest BCUT2D eigenvalue weighted by molar-refractivity contribution is 6.05. The second kappa shape index (κ2) is 8.76. The molecule has 1 aliphatic rings. The second-order valence-corrected chi connectivity index (χ2v) is 8.16. The maximum absolute atomic E-state index is 13.0. The van der Waals surface area contributed by atoms with Gasteiger partial charge in [-0.15, -0.1) is 0 Å². The zero-order chi connectivity index (χ0) is 22.0. The number of nitrogens with zero attached hydrogens (tertiary/aromatic N) is 3. The van der Waals surface area contributed by atoms with Crippen molar-refractivity contribution in [1.29, 1.82) is 0 Å². The van der Waals surface area contributed by atoms with E-state index in [9.17, 15) is 9.59 Å². The standard InChI is InChI=1S/C25H28N4O2/c1-17-22(18(2)29(27-17)16-19-9-5-4-6-10-19)15-26-24(30)21-11-7-8-12-23(21)28(3)25(31)20-13-14-20/h4-12,20H,13-16H2,1-3H3,(H,26,30). The van der Waals surface area contributed by atoms with Gasteiger partial charge in [0.1, 0.15) is 0 Å². The largest absolute Gasteiger partial charge is 0.348 e. The summed E-state index contributed by atoms with van der Waals surface area (Å²) >= 11 is 0. The van der Waals surface area contributed by atoms with Crippen molar-refractivity contribution in [3.05, 3.63) is 82.7 Å². The van der Waals surface area contributed by atoms with Crippen LogP contribution in [-0.2, 0) is 17.9 Å². The molecule has 4 rings (SSSR count). The molecule has 0 spiro atoms. The van der Waals surface area contributed by atoms with Gasteiger partial charge < -0.3 is 10.2 Å². The van der Waals surface area contributed by atoms with Crippen LogP contribution in [-0.4, -0.2) is 28.6 Å². The fraction of sp³-hybridized carbons (Fsp3) is 0.320. The predicted octanol–water partition coefficient (Wildman–Crippen LogP) is 3.85. The van der Waals surface area contributed by atoms with Gasteiger partial charge in [-0.2, -0.15) is 5.10 Å². The van der Waals surface area contributed by atoms with Crippen molar-refractivity contribution in [3.8, 4) is 0 Å². The normalized spacial score (nSPS) is 13.1. The first kappa shape index (κ1) is 20.8. The molecule has 0 atom stereocenters. The lowest BCUT2D eigenvalue weighted by Gasteiger charge is -2.20. The third-order valence-electron chi connectivity index (χ3n) is 5.90. The van der Waals surface area contributed by atoms with Crippen molar-refractivity contribution < 1.29 is 9.59 Å². The Labute approximate surface area is 182 Å². The molecule has 1 fully saturated rings. The Morgan fingerprint density at radius 2 is 1.74 bits per heavy atom. The smallest absolute Gasteiger partial charge is 0.253 e. The van der Waals surface area contributed by atoms with Crippen LogP contribution in [0.4, 0.5) is 5.69 Å². The summed E-state index contributed by atoms with van der Waals surface area (Å²) in [5.74, 6) is -0.0170. The average molecular weight is 417 g/mol. The summed E-state index contributed by atoms with van der Waals surface area (Å²) in [6, 6.07) is 17.5. The lowest BCUT2D eigenvalue weighted by atomic mass is 10.1. The van der Waals surface area contributed by atoms with Crippen molar-refractivity contribution in [3.63, 3.8) is 0 Å². The summed E-state index contributed by atoms with van der Waals surface area (Å²) in [7, 11) is 1.74. The molecule has 2 aromatic carbocycles. The van der Waals surface area contributed by atoms with E-state index in [1.54, 1.807) is 18.0 Å². The quantitative estimate of drug-likeness (QED) is 0.636. The lowest BCUT2D eigenvalue weighted by Crippen LogP contribution is -2.31. The third-order valence-corrected chi connectivity index (χ3v) is 5.90. The van der Waals surface area contributed by atoms with Crippen LogP contribution < -0.4 is 10.2 Å². The van der Waals surface area contributed by atoms with Crippen LogP contribution in [0.15, 0.2) is 54.6 Å². The fourth-order valence-corrected chi connectivity index (χ4v) is 3.85. The Hall–Kier alpha value is -3.41. The molecule has 3 aromatic rings. The van der Waals surface area contributed by atoms with Gasteiger partial charge in [0.2, 0.25) is 5.91 Å². The molecule has 1 aliphatic carbocycles. The first-order chi connectivity index (χ1) is 15.0. The summed E-state index contributed by atoms with van der Waals surface area (Å²) in [4.78, 5) is 27.1. The molecule has 31 heavy (non-hydrogen) atoms. The average Bonchev–Trinajstić information content (AvgIpc) is 3.60. The van der Waals surface area contributed by atoms with Gasteiger partial charge in [0, 0.05) is 30.8 Å². The Morgan fingerprint density at radius 1 is 1.06 bits per heavy atom. The number of carbonyl (C=O) groups is 2. The van der Waals surface area contributed by atoms with E-state index in [4.69, 9.17) is 0 Å². The molecule has 0 unspecified atom stereocenters. The molecule has 1 saturated carbocycles. The number of hydrogen-bond donors (Lipinski definition) is 1. The SMILES string of the molecule is Cc1nn(Cc2ccccc2)c(C)c1CNC(=O)c1ccccc1N(C)C(=O)C1CC1. The van der Waals surface area contributed by atoms with E-state index in [0.717, 1.165) is 29.8 Å². The summed E-state index contributed by atoms with van der Waals surface area (Å²) < 4.78 is 1.97. The van der Waals surface area contributed by atoms with Gasteiger partial charge in [-0.25, -0.2) is 0 Å². The number of aryl methyl sites for hydroxylation is 1. The first-order valence-electron chi connectivity index (χ1n) is 10.7. The Kier molecular flexibility index (Phi) is 5.89. The summed E-state index contributed by atoms with van der Waals surface area (Å²) in [6.07, 6.45) is 1.87. The van der Waals surface area contributed by atoms with E-state index in [-0.39, 0.29) is 17.7 Å². The van der Waals surface area contributed by atoms with E-state index in [1.807, 2.05) is 54.9 Å². The summed E-state index contributed by atoms with van der Waals surface area (Å²) in [5.41, 5.74) is 5.29. The summed E-state index contributed by atoms with van der Waals surface area (Å²) in [5, 5.41) is 7.69. The van der Waals surface area contributed by atoms with Crippen LogP contribution >= 0.6 is 0 Å². The highest BCUT2D eigenvalue weighted by atomic mass is 16.2. The van der Waals surface area contributed by atoms with Gasteiger partial charge in [-0.05, 0) is 44.4 Å². The maximum atomic E-state index is 13.0. The first-order valence-corrected chi connectivity index (χ1v) is 10.7. The molecular weight excluding hydrogens is 388 g/mol. The monoisotopic (exact) mass is 416 g/mol. The van der Waals surface area contributed by atoms with E-state index >= 15 is 0 Å². The van der Waals surface area contributed by atoms with Crippen LogP contribution in [0.2, 0.25) is 0 Å². The molecule has 0 radical (unpaired) electrons. The minimum atomic E-state index is -0.194. The van der Waals surface area contributed by atoms with Crippen LogP contribution in [0.25, 0.3) is 0 Å². The molecule has 6 nitrogen and oxygen atoms in total. The number of benzene rings is 2. The van der Waals surface area contributed by atoms with E-state index in [1.165, 1.54) is 5.56 Å². The Balaban J connectivity index is 1.48. The van der Waals surface area contributed by atoms with Gasteiger partial charge in [0.05, 0.1) is 23.5 Å². The number of aromatic nitrogens is 2. The summed E-state index contributed by atoms with van der Waals surface area (Å²) in [6.45, 7) is 5.07. The van der Waals surface area contributed by atoms with Crippen molar-refractivity contribution in [1.82, 2.24) is 15.1 Å². The number of amides is 2. The minimum absolute atomic E-state index is 0.0779. The predicted molar refractivity (Wildman–Crippen MR) is 121 cm³/mol. The van der Waals surface area contributed by atoms with Crippen LogP contribution in [0, 0.1) is 19.8 Å². The van der Waals surface area contributed by atoms with E-state index in [2.05, 4.69) is 22.5 Å². The fourth-order valence-electron chi connectivity index (χ4n) is 3.85. The van der Waals surface area contributed by atoms with Crippen molar-refractivity contribution >= 4 is 17.5 Å². The lowest BCUT2D eigenvalue weighted by molar-refractivity contribution is -0.119. The van der Waals surface area contributed by atoms with Gasteiger partial charge >= 0.3 is 0 Å². The van der Waals surface area contributed by atoms with Gasteiger partial charge in [-0.1, -0.05) is 42.5 Å². The number of nitrogens with one attached hydrogen (secondary N) is 1. The Bertz CT molecular complexity index is 1100. The number of anilines is 1. The van der Waals surface area contributed by atoms with Crippen molar-refractivity contribution in [2.75, 3.05) is 11.9 Å². The number of hydrogen-bond acceptors (Lipinski definition) is 3. The van der Waals surface area contributed by atoms with Gasteiger partial charge in [0.15, 0.2) is 0 Å². The molecule has 0 bridgehead atoms. The molecule has 0 saturated heterocycles. The van der Waals surface area contributed by atoms with Crippen molar-refractivity contribution in [2.24, 2.45) is 5.92 Å². The highest BCUT2D eigenvalue weighted by Gasteiger charge is 2.33. The molecule has 6 heteroatoms. The van der Waals surface area contributed by atoms with Crippen molar-refractivity contribution in [2.45, 2.75) is 39.8 Å². The van der Waals surface area contributed by atoms with Crippen LogP contribution in [0.3, 0.4) is 0 Å². The number of para-hydroxylation sites is 1. The molecule has 1 N–H and O–H groups in total. The molecular formula is C25H28N4O2. The van der Waals surface area contributed by atoms with E-state index in [0.29, 0.717) is 24.3 Å². The topological polar surface area (TPSA) is 67.2 Å². The highest BCUT2D eigenvalue weighted by Crippen LogP contribution is 2.33. The number of rotatable bonds is 7. The molecule has 160 valence electrons. The van der Waals surface area contributed by atoms with E-state index < -0.39 is 0 Å². The minimum Gasteiger partial charge on any atom is -0.348 e. The number of carbonyl (C=O) groups excluding carboxylic acids is 2. The molecule has 0 aliphatic heterocycles. The van der Waals surface area contributed by atoms with Gasteiger partial charge in [0.25, 0.3) is 5.91 Å². The molecule has 1 aromatic heterocycles. The second-order valence-electron chi connectivity index (χ2n) is 8.16. The molecule has 2 amide bonds. The molecule has 1 heterocycles.